The van der Waals surface area contributed by atoms with E-state index in [9.17, 15) is 0 Å². The van der Waals surface area contributed by atoms with Crippen molar-refractivity contribution in [1.82, 2.24) is 9.78 Å². The Kier molecular flexibility index (Phi) is 3.53. The van der Waals surface area contributed by atoms with Gasteiger partial charge in [0, 0.05) is 24.7 Å². The van der Waals surface area contributed by atoms with Crippen LogP contribution >= 0.6 is 23.4 Å². The molecule has 0 amide bonds. The largest absolute Gasteiger partial charge is 0.326 e. The number of nitrogens with zero attached hydrogens (tertiary/aromatic N) is 2. The third-order valence-corrected chi connectivity index (χ3v) is 3.59. The van der Waals surface area contributed by atoms with Crippen LogP contribution in [0.4, 0.5) is 0 Å². The van der Waals surface area contributed by atoms with Gasteiger partial charge in [-0.15, -0.1) is 0 Å². The first-order valence-electron chi connectivity index (χ1n) is 4.84. The van der Waals surface area contributed by atoms with Crippen molar-refractivity contribution in [1.29, 1.82) is 0 Å². The number of halogens is 1. The highest BCUT2D eigenvalue weighted by molar-refractivity contribution is 7.99. The van der Waals surface area contributed by atoms with Crippen LogP contribution in [0, 0.1) is 0 Å². The average Bonchev–Trinajstić information content (AvgIpc) is 2.67. The quantitative estimate of drug-likeness (QED) is 0.915. The number of rotatable bonds is 3. The monoisotopic (exact) mass is 253 g/mol. The predicted molar refractivity (Wildman–Crippen MR) is 66.7 cm³/mol. The molecule has 0 aliphatic carbocycles. The lowest BCUT2D eigenvalue weighted by molar-refractivity contribution is 0.766. The number of nitrogens with two attached hydrogens (primary N) is 1. The Bertz CT molecular complexity index is 496. The fourth-order valence-corrected chi connectivity index (χ4v) is 2.50. The number of benzene rings is 1. The molecule has 2 rings (SSSR count). The van der Waals surface area contributed by atoms with Crippen LogP contribution in [0.5, 0.6) is 0 Å². The molecule has 2 aromatic rings. The first-order chi connectivity index (χ1) is 7.69. The summed E-state index contributed by atoms with van der Waals surface area (Å²) in [5.41, 5.74) is 6.59. The van der Waals surface area contributed by atoms with Crippen LogP contribution in [0.2, 0.25) is 5.02 Å². The van der Waals surface area contributed by atoms with E-state index < -0.39 is 0 Å². The van der Waals surface area contributed by atoms with Crippen molar-refractivity contribution >= 4 is 23.4 Å². The average molecular weight is 254 g/mol. The van der Waals surface area contributed by atoms with Gasteiger partial charge in [0.05, 0.1) is 16.1 Å². The van der Waals surface area contributed by atoms with Gasteiger partial charge in [0.2, 0.25) is 0 Å². The zero-order valence-electron chi connectivity index (χ0n) is 8.85. The summed E-state index contributed by atoms with van der Waals surface area (Å²) >= 11 is 7.76. The molecule has 0 spiro atoms. The molecule has 0 saturated carbocycles. The van der Waals surface area contributed by atoms with E-state index in [-0.39, 0.29) is 0 Å². The van der Waals surface area contributed by atoms with Gasteiger partial charge >= 0.3 is 0 Å². The molecule has 1 aromatic carbocycles. The van der Waals surface area contributed by atoms with E-state index in [1.54, 1.807) is 16.4 Å². The van der Waals surface area contributed by atoms with Crippen molar-refractivity contribution in [3.05, 3.63) is 41.2 Å². The van der Waals surface area contributed by atoms with Gasteiger partial charge in [-0.2, -0.15) is 5.10 Å². The second-order valence-corrected chi connectivity index (χ2v) is 4.94. The van der Waals surface area contributed by atoms with E-state index in [2.05, 4.69) is 5.10 Å². The molecule has 1 heterocycles. The standard InChI is InChI=1S/C11H12ClN3S/c1-15-7-9(6-14-15)16-11-3-2-8(5-13)4-10(11)12/h2-4,6-7H,5,13H2,1H3. The molecule has 0 atom stereocenters. The Labute approximate surface area is 104 Å². The van der Waals surface area contributed by atoms with Gasteiger partial charge in [0.1, 0.15) is 0 Å². The van der Waals surface area contributed by atoms with Crippen molar-refractivity contribution in [2.75, 3.05) is 0 Å². The molecule has 0 saturated heterocycles. The Morgan fingerprint density at radius 1 is 1.50 bits per heavy atom. The number of aromatic nitrogens is 2. The van der Waals surface area contributed by atoms with E-state index in [0.717, 1.165) is 20.4 Å². The SMILES string of the molecule is Cn1cc(Sc2ccc(CN)cc2Cl)cn1. The maximum Gasteiger partial charge on any atom is 0.0629 e. The van der Waals surface area contributed by atoms with Gasteiger partial charge < -0.3 is 5.73 Å². The van der Waals surface area contributed by atoms with Gasteiger partial charge in [-0.3, -0.25) is 4.68 Å². The summed E-state index contributed by atoms with van der Waals surface area (Å²) in [7, 11) is 1.89. The molecule has 5 heteroatoms. The smallest absolute Gasteiger partial charge is 0.0629 e. The van der Waals surface area contributed by atoms with Crippen molar-refractivity contribution in [2.24, 2.45) is 12.8 Å². The summed E-state index contributed by atoms with van der Waals surface area (Å²) in [6.45, 7) is 0.511. The van der Waals surface area contributed by atoms with Crippen molar-refractivity contribution in [3.63, 3.8) is 0 Å². The van der Waals surface area contributed by atoms with Gasteiger partial charge in [0.15, 0.2) is 0 Å². The number of hydrogen-bond donors (Lipinski definition) is 1. The van der Waals surface area contributed by atoms with E-state index in [1.165, 1.54) is 0 Å². The van der Waals surface area contributed by atoms with E-state index in [0.29, 0.717) is 6.54 Å². The lowest BCUT2D eigenvalue weighted by Gasteiger charge is -2.04. The molecule has 3 nitrogen and oxygen atoms in total. The second-order valence-electron chi connectivity index (χ2n) is 3.42. The molecule has 84 valence electrons. The van der Waals surface area contributed by atoms with Gasteiger partial charge in [-0.1, -0.05) is 29.4 Å². The predicted octanol–water partition coefficient (Wildman–Crippen LogP) is 2.68. The molecule has 0 radical (unpaired) electrons. The Hall–Kier alpha value is -0.970. The second kappa shape index (κ2) is 4.91. The van der Waals surface area contributed by atoms with Gasteiger partial charge in [0.25, 0.3) is 0 Å². The van der Waals surface area contributed by atoms with E-state index in [1.807, 2.05) is 37.6 Å². The van der Waals surface area contributed by atoms with Crippen molar-refractivity contribution in [2.45, 2.75) is 16.3 Å². The molecular formula is C11H12ClN3S. The lowest BCUT2D eigenvalue weighted by atomic mass is 10.2. The fourth-order valence-electron chi connectivity index (χ4n) is 1.33. The topological polar surface area (TPSA) is 43.8 Å². The van der Waals surface area contributed by atoms with Crippen molar-refractivity contribution in [3.8, 4) is 0 Å². The zero-order valence-corrected chi connectivity index (χ0v) is 10.4. The van der Waals surface area contributed by atoms with E-state index in [4.69, 9.17) is 17.3 Å². The molecule has 16 heavy (non-hydrogen) atoms. The molecule has 0 unspecified atom stereocenters. The highest BCUT2D eigenvalue weighted by atomic mass is 35.5. The summed E-state index contributed by atoms with van der Waals surface area (Å²) in [6.07, 6.45) is 3.77. The van der Waals surface area contributed by atoms with Crippen LogP contribution in [0.15, 0.2) is 40.4 Å². The Morgan fingerprint density at radius 2 is 2.31 bits per heavy atom. The summed E-state index contributed by atoms with van der Waals surface area (Å²) in [5.74, 6) is 0. The number of aryl methyl sites for hydroxylation is 1. The van der Waals surface area contributed by atoms with Crippen LogP contribution < -0.4 is 5.73 Å². The third-order valence-electron chi connectivity index (χ3n) is 2.14. The zero-order chi connectivity index (χ0) is 11.5. The summed E-state index contributed by atoms with van der Waals surface area (Å²) in [6, 6.07) is 5.88. The van der Waals surface area contributed by atoms with Crippen LogP contribution in [0.3, 0.4) is 0 Å². The van der Waals surface area contributed by atoms with Crippen LogP contribution in [-0.4, -0.2) is 9.78 Å². The summed E-state index contributed by atoms with van der Waals surface area (Å²) < 4.78 is 1.77. The molecule has 0 aliphatic rings. The van der Waals surface area contributed by atoms with Crippen molar-refractivity contribution < 1.29 is 0 Å². The highest BCUT2D eigenvalue weighted by Crippen LogP contribution is 2.33. The fraction of sp³-hybridized carbons (Fsp3) is 0.182. The first-order valence-corrected chi connectivity index (χ1v) is 6.03. The highest BCUT2D eigenvalue weighted by Gasteiger charge is 2.05. The number of hydrogen-bond acceptors (Lipinski definition) is 3. The van der Waals surface area contributed by atoms with Gasteiger partial charge in [-0.25, -0.2) is 0 Å². The molecule has 0 aliphatic heterocycles. The Morgan fingerprint density at radius 3 is 2.88 bits per heavy atom. The van der Waals surface area contributed by atoms with Crippen LogP contribution in [-0.2, 0) is 13.6 Å². The minimum Gasteiger partial charge on any atom is -0.326 e. The maximum atomic E-state index is 6.16. The lowest BCUT2D eigenvalue weighted by Crippen LogP contribution is -1.95. The molecule has 1 aromatic heterocycles. The summed E-state index contributed by atoms with van der Waals surface area (Å²) in [4.78, 5) is 2.09. The third kappa shape index (κ3) is 2.58. The minimum absolute atomic E-state index is 0.511. The molecular weight excluding hydrogens is 242 g/mol. The van der Waals surface area contributed by atoms with E-state index >= 15 is 0 Å². The minimum atomic E-state index is 0.511. The maximum absolute atomic E-state index is 6.16. The van der Waals surface area contributed by atoms with Crippen LogP contribution in [0.1, 0.15) is 5.56 Å². The molecule has 0 fully saturated rings. The van der Waals surface area contributed by atoms with Gasteiger partial charge in [-0.05, 0) is 17.7 Å². The summed E-state index contributed by atoms with van der Waals surface area (Å²) in [5, 5.41) is 4.84. The molecule has 2 N–H and O–H groups in total. The normalized spacial score (nSPS) is 10.7. The molecule has 0 bridgehead atoms. The van der Waals surface area contributed by atoms with Crippen LogP contribution in [0.25, 0.3) is 0 Å². The Balaban J connectivity index is 2.21. The first kappa shape index (κ1) is 11.5.